The highest BCUT2D eigenvalue weighted by Gasteiger charge is 2.24. The molecule has 10 nitrogen and oxygen atoms in total. The van der Waals surface area contributed by atoms with E-state index >= 15 is 0 Å². The van der Waals surface area contributed by atoms with Crippen molar-refractivity contribution in [3.8, 4) is 11.6 Å². The van der Waals surface area contributed by atoms with Gasteiger partial charge in [0.1, 0.15) is 18.7 Å². The molecule has 0 unspecified atom stereocenters. The Kier molecular flexibility index (Phi) is 5.97. The topological polar surface area (TPSA) is 108 Å². The van der Waals surface area contributed by atoms with Crippen LogP contribution in [0.15, 0.2) is 42.4 Å². The smallest absolute Gasteiger partial charge is 0.225 e. The molecule has 0 aliphatic carbocycles. The highest BCUT2D eigenvalue weighted by atomic mass is 32.1. The minimum absolute atomic E-state index is 0.416. The molecule has 1 fully saturated rings. The summed E-state index contributed by atoms with van der Waals surface area (Å²) in [5, 5.41) is 14.3. The number of hydrogen-bond acceptors (Lipinski definition) is 10. The maximum absolute atomic E-state index is 5.85. The molecular weight excluding hydrogens is 426 g/mol. The third-order valence-corrected chi connectivity index (χ3v) is 6.54. The van der Waals surface area contributed by atoms with Crippen LogP contribution in [-0.2, 0) is 13.0 Å². The van der Waals surface area contributed by atoms with Gasteiger partial charge in [0, 0.05) is 36.8 Å². The van der Waals surface area contributed by atoms with Crippen LogP contribution in [0.2, 0.25) is 0 Å². The summed E-state index contributed by atoms with van der Waals surface area (Å²) in [6, 6.07) is 3.66. The van der Waals surface area contributed by atoms with Gasteiger partial charge in [0.25, 0.3) is 0 Å². The van der Waals surface area contributed by atoms with E-state index in [0.29, 0.717) is 24.1 Å². The monoisotopic (exact) mass is 449 g/mol. The molecule has 164 valence electrons. The van der Waals surface area contributed by atoms with Crippen molar-refractivity contribution in [2.45, 2.75) is 38.7 Å². The zero-order valence-electron chi connectivity index (χ0n) is 17.7. The first-order valence-corrected chi connectivity index (χ1v) is 11.5. The second-order valence-electron chi connectivity index (χ2n) is 7.58. The van der Waals surface area contributed by atoms with E-state index < -0.39 is 0 Å². The van der Waals surface area contributed by atoms with E-state index in [1.807, 2.05) is 24.5 Å². The van der Waals surface area contributed by atoms with E-state index in [-0.39, 0.29) is 0 Å². The van der Waals surface area contributed by atoms with Crippen molar-refractivity contribution in [3.05, 3.63) is 58.7 Å². The van der Waals surface area contributed by atoms with E-state index in [2.05, 4.69) is 47.7 Å². The maximum Gasteiger partial charge on any atom is 0.225 e. The van der Waals surface area contributed by atoms with Crippen molar-refractivity contribution in [1.29, 1.82) is 0 Å². The number of hydrogen-bond donors (Lipinski definition) is 0. The van der Waals surface area contributed by atoms with Crippen LogP contribution in [0, 0.1) is 0 Å². The van der Waals surface area contributed by atoms with Gasteiger partial charge in [-0.25, -0.2) is 19.9 Å². The van der Waals surface area contributed by atoms with Gasteiger partial charge in [-0.05, 0) is 47.4 Å². The lowest BCUT2D eigenvalue weighted by atomic mass is 9.98. The third kappa shape index (κ3) is 4.57. The normalized spacial score (nSPS) is 14.6. The lowest BCUT2D eigenvalue weighted by molar-refractivity contribution is 0.300. The first kappa shape index (κ1) is 20.4. The molecule has 0 bridgehead atoms. The minimum Gasteiger partial charge on any atom is -0.486 e. The zero-order chi connectivity index (χ0) is 21.8. The van der Waals surface area contributed by atoms with Crippen LogP contribution in [0.1, 0.15) is 41.9 Å². The molecule has 0 atom stereocenters. The predicted molar refractivity (Wildman–Crippen MR) is 119 cm³/mol. The molecule has 1 aliphatic heterocycles. The highest BCUT2D eigenvalue weighted by molar-refractivity contribution is 7.09. The molecule has 0 spiro atoms. The molecule has 5 heterocycles. The summed E-state index contributed by atoms with van der Waals surface area (Å²) in [7, 11) is 0. The Balaban J connectivity index is 1.13. The highest BCUT2D eigenvalue weighted by Crippen LogP contribution is 2.31. The van der Waals surface area contributed by atoms with Crippen molar-refractivity contribution >= 4 is 17.3 Å². The fourth-order valence-electron chi connectivity index (χ4n) is 3.61. The Morgan fingerprint density at radius 2 is 1.94 bits per heavy atom. The number of aryl methyl sites for hydroxylation is 1. The van der Waals surface area contributed by atoms with Gasteiger partial charge in [0.15, 0.2) is 5.82 Å². The van der Waals surface area contributed by atoms with Crippen LogP contribution in [-0.4, -0.2) is 53.2 Å². The largest absolute Gasteiger partial charge is 0.486 e. The summed E-state index contributed by atoms with van der Waals surface area (Å²) in [6.45, 7) is 4.42. The lowest BCUT2D eigenvalue weighted by Crippen LogP contribution is -2.34. The number of rotatable bonds is 7. The van der Waals surface area contributed by atoms with Crippen molar-refractivity contribution in [3.63, 3.8) is 0 Å². The van der Waals surface area contributed by atoms with E-state index in [1.54, 1.807) is 17.5 Å². The van der Waals surface area contributed by atoms with Crippen LogP contribution in [0.5, 0.6) is 5.75 Å². The van der Waals surface area contributed by atoms with Gasteiger partial charge >= 0.3 is 0 Å². The molecule has 4 aromatic rings. The van der Waals surface area contributed by atoms with Gasteiger partial charge in [-0.1, -0.05) is 6.92 Å². The summed E-state index contributed by atoms with van der Waals surface area (Å²) in [4.78, 5) is 20.4. The average Bonchev–Trinajstić information content (AvgIpc) is 3.56. The van der Waals surface area contributed by atoms with Gasteiger partial charge in [-0.2, -0.15) is 4.68 Å². The van der Waals surface area contributed by atoms with Gasteiger partial charge < -0.3 is 9.64 Å². The second-order valence-corrected chi connectivity index (χ2v) is 8.47. The molecule has 0 radical (unpaired) electrons. The summed E-state index contributed by atoms with van der Waals surface area (Å²) in [5.41, 5.74) is 2.11. The van der Waals surface area contributed by atoms with Crippen LogP contribution >= 0.6 is 11.3 Å². The summed E-state index contributed by atoms with van der Waals surface area (Å²) in [5.74, 6) is 2.61. The van der Waals surface area contributed by atoms with E-state index in [4.69, 9.17) is 9.72 Å². The number of anilines is 1. The number of pyridine rings is 1. The van der Waals surface area contributed by atoms with Crippen LogP contribution < -0.4 is 9.64 Å². The quantitative estimate of drug-likeness (QED) is 0.421. The van der Waals surface area contributed by atoms with Crippen LogP contribution in [0.25, 0.3) is 5.82 Å². The molecular formula is C21H23N9OS. The Bertz CT molecular complexity index is 1120. The Morgan fingerprint density at radius 1 is 1.09 bits per heavy atom. The van der Waals surface area contributed by atoms with Crippen LogP contribution in [0.3, 0.4) is 0 Å². The number of tetrazole rings is 1. The number of thiazole rings is 1. The van der Waals surface area contributed by atoms with E-state index in [0.717, 1.165) is 44.0 Å². The van der Waals surface area contributed by atoms with Crippen molar-refractivity contribution in [2.24, 2.45) is 0 Å². The van der Waals surface area contributed by atoms with Gasteiger partial charge in [0.2, 0.25) is 5.95 Å². The number of ether oxygens (including phenoxy) is 1. The molecule has 0 N–H and O–H groups in total. The SMILES string of the molecule is CCc1cnc(N2CCC(c3nc(COc4ccc(-n5cnnn5)nc4)cs3)CC2)nc1. The van der Waals surface area contributed by atoms with Crippen molar-refractivity contribution in [1.82, 2.24) is 40.1 Å². The first-order valence-electron chi connectivity index (χ1n) is 10.6. The molecule has 1 saturated heterocycles. The predicted octanol–water partition coefficient (Wildman–Crippen LogP) is 2.83. The van der Waals surface area contributed by atoms with E-state index in [9.17, 15) is 0 Å². The van der Waals surface area contributed by atoms with E-state index in [1.165, 1.54) is 21.6 Å². The standard InChI is InChI=1S/C21H23N9OS/c1-2-15-9-23-21(24-10-15)29-7-5-16(6-8-29)20-26-17(13-32-20)12-31-18-3-4-19(22-11-18)30-14-25-27-28-30/h3-4,9-11,13-14,16H,2,5-8,12H2,1H3. The molecule has 0 saturated carbocycles. The van der Waals surface area contributed by atoms with Crippen molar-refractivity contribution in [2.75, 3.05) is 18.0 Å². The van der Waals surface area contributed by atoms with Crippen molar-refractivity contribution < 1.29 is 4.74 Å². The maximum atomic E-state index is 5.85. The molecule has 4 aromatic heterocycles. The molecule has 0 aromatic carbocycles. The third-order valence-electron chi connectivity index (χ3n) is 5.49. The summed E-state index contributed by atoms with van der Waals surface area (Å²) >= 11 is 1.71. The average molecular weight is 450 g/mol. The molecule has 0 amide bonds. The minimum atomic E-state index is 0.416. The number of piperidine rings is 1. The molecule has 32 heavy (non-hydrogen) atoms. The summed E-state index contributed by atoms with van der Waals surface area (Å²) in [6.07, 6.45) is 10.1. The lowest BCUT2D eigenvalue weighted by Gasteiger charge is -2.31. The van der Waals surface area contributed by atoms with Gasteiger partial charge in [-0.3, -0.25) is 0 Å². The van der Waals surface area contributed by atoms with Gasteiger partial charge in [0.05, 0.1) is 16.9 Å². The molecule has 11 heteroatoms. The Hall–Kier alpha value is -3.47. The summed E-state index contributed by atoms with van der Waals surface area (Å²) < 4.78 is 7.35. The van der Waals surface area contributed by atoms with Gasteiger partial charge in [-0.15, -0.1) is 16.4 Å². The second kappa shape index (κ2) is 9.35. The fourth-order valence-corrected chi connectivity index (χ4v) is 4.59. The Labute approximate surface area is 189 Å². The molecule has 1 aliphatic rings. The molecule has 5 rings (SSSR count). The zero-order valence-corrected chi connectivity index (χ0v) is 18.5. The number of aromatic nitrogens is 8. The fraction of sp³-hybridized carbons (Fsp3) is 0.381. The Morgan fingerprint density at radius 3 is 2.62 bits per heavy atom. The first-order chi connectivity index (χ1) is 15.8. The van der Waals surface area contributed by atoms with Crippen LogP contribution in [0.4, 0.5) is 5.95 Å². The number of nitrogens with zero attached hydrogens (tertiary/aromatic N) is 9.